The van der Waals surface area contributed by atoms with Gasteiger partial charge in [-0.1, -0.05) is 182 Å². The molecule has 3 heterocycles. The van der Waals surface area contributed by atoms with Gasteiger partial charge in [-0.25, -0.2) is 0 Å². The van der Waals surface area contributed by atoms with Crippen LogP contribution in [0.4, 0.5) is 0 Å². The number of aromatic nitrogens is 3. The second-order valence-electron chi connectivity index (χ2n) is 16.8. The van der Waals surface area contributed by atoms with Crippen LogP contribution in [-0.4, -0.2) is 21.8 Å². The summed E-state index contributed by atoms with van der Waals surface area (Å²) < 4.78 is 7.42. The highest BCUT2D eigenvalue weighted by atomic mass is 28.3. The average molecular weight is 832 g/mol. The highest BCUT2D eigenvalue weighted by Crippen LogP contribution is 2.40. The summed E-state index contributed by atoms with van der Waals surface area (Å²) in [7, 11) is -3.12. The van der Waals surface area contributed by atoms with Gasteiger partial charge in [-0.2, -0.15) is 0 Å². The van der Waals surface area contributed by atoms with Crippen molar-refractivity contribution < 1.29 is 0 Å². The summed E-state index contributed by atoms with van der Waals surface area (Å²) in [6, 6.07) is 92.4. The molecule has 13 rings (SSSR count). The van der Waals surface area contributed by atoms with E-state index in [0.29, 0.717) is 0 Å². The Morgan fingerprint density at radius 1 is 0.250 bits per heavy atom. The van der Waals surface area contributed by atoms with Crippen molar-refractivity contribution in [1.29, 1.82) is 0 Å². The molecular weight excluding hydrogens is 791 g/mol. The fourth-order valence-electron chi connectivity index (χ4n) is 11.1. The van der Waals surface area contributed by atoms with E-state index < -0.39 is 8.07 Å². The summed E-state index contributed by atoms with van der Waals surface area (Å²) in [6.45, 7) is 0. The Kier molecular flexibility index (Phi) is 8.23. The Morgan fingerprint density at radius 2 is 0.641 bits per heavy atom. The molecule has 13 aromatic rings. The molecular formula is C60H41N3Si. The van der Waals surface area contributed by atoms with Crippen molar-refractivity contribution in [3.05, 3.63) is 249 Å². The number of rotatable bonds is 7. The molecule has 0 radical (unpaired) electrons. The van der Waals surface area contributed by atoms with E-state index in [4.69, 9.17) is 0 Å². The molecule has 0 unspecified atom stereocenters. The molecule has 64 heavy (non-hydrogen) atoms. The zero-order valence-electron chi connectivity index (χ0n) is 35.0. The van der Waals surface area contributed by atoms with Crippen LogP contribution < -0.4 is 20.7 Å². The molecule has 0 bridgehead atoms. The summed E-state index contributed by atoms with van der Waals surface area (Å²) in [6.07, 6.45) is 0. The predicted molar refractivity (Wildman–Crippen MR) is 273 cm³/mol. The normalized spacial score (nSPS) is 12.1. The molecule has 0 atom stereocenters. The monoisotopic (exact) mass is 831 g/mol. The highest BCUT2D eigenvalue weighted by Gasteiger charge is 2.43. The average Bonchev–Trinajstić information content (AvgIpc) is 4.02. The van der Waals surface area contributed by atoms with E-state index in [1.807, 2.05) is 0 Å². The van der Waals surface area contributed by atoms with Crippen molar-refractivity contribution in [1.82, 2.24) is 13.7 Å². The minimum Gasteiger partial charge on any atom is -0.309 e. The van der Waals surface area contributed by atoms with Gasteiger partial charge < -0.3 is 13.7 Å². The summed E-state index contributed by atoms with van der Waals surface area (Å²) in [4.78, 5) is 0. The smallest absolute Gasteiger partial charge is 0.180 e. The Balaban J connectivity index is 1.16. The lowest BCUT2D eigenvalue weighted by atomic mass is 10.1. The summed E-state index contributed by atoms with van der Waals surface area (Å²) in [5, 5.41) is 12.9. The van der Waals surface area contributed by atoms with Gasteiger partial charge in [0, 0.05) is 43.7 Å². The quantitative estimate of drug-likeness (QED) is 0.112. The molecule has 0 spiro atoms. The van der Waals surface area contributed by atoms with Gasteiger partial charge in [0.05, 0.1) is 38.8 Å². The van der Waals surface area contributed by atoms with Gasteiger partial charge in [0.15, 0.2) is 8.07 Å². The van der Waals surface area contributed by atoms with E-state index >= 15 is 0 Å². The highest BCUT2D eigenvalue weighted by molar-refractivity contribution is 7.20. The molecule has 0 saturated heterocycles. The molecule has 0 amide bonds. The van der Waals surface area contributed by atoms with Crippen LogP contribution >= 0.6 is 0 Å². The molecule has 3 nitrogen and oxygen atoms in total. The van der Waals surface area contributed by atoms with E-state index in [2.05, 4.69) is 262 Å². The Hall–Kier alpha value is -8.18. The number of nitrogens with zero attached hydrogens (tertiary/aromatic N) is 3. The van der Waals surface area contributed by atoms with Crippen LogP contribution in [0.15, 0.2) is 249 Å². The van der Waals surface area contributed by atoms with E-state index in [0.717, 1.165) is 11.4 Å². The Morgan fingerprint density at radius 3 is 1.25 bits per heavy atom. The number of hydrogen-bond donors (Lipinski definition) is 0. The zero-order chi connectivity index (χ0) is 42.2. The van der Waals surface area contributed by atoms with Gasteiger partial charge in [0.1, 0.15) is 0 Å². The van der Waals surface area contributed by atoms with Crippen LogP contribution in [0.5, 0.6) is 0 Å². The largest absolute Gasteiger partial charge is 0.309 e. The van der Waals surface area contributed by atoms with Crippen LogP contribution in [0.3, 0.4) is 0 Å². The molecule has 0 aliphatic carbocycles. The topological polar surface area (TPSA) is 14.8 Å². The summed E-state index contributed by atoms with van der Waals surface area (Å²) in [5.74, 6) is 0. The van der Waals surface area contributed by atoms with Crippen LogP contribution in [0.1, 0.15) is 0 Å². The third-order valence-electron chi connectivity index (χ3n) is 13.6. The van der Waals surface area contributed by atoms with Gasteiger partial charge in [0.25, 0.3) is 0 Å². The maximum Gasteiger partial charge on any atom is 0.180 e. The summed E-state index contributed by atoms with van der Waals surface area (Å²) in [5.41, 5.74) is 10.7. The molecule has 3 aromatic heterocycles. The van der Waals surface area contributed by atoms with E-state index in [9.17, 15) is 0 Å². The molecule has 4 heteroatoms. The SMILES string of the molecule is c1ccc(-n2c3ccccc3c3c(-n4c5ccccc5c5c([Si](c6ccccc6)(c6ccccc6)c6cccc(-n7c8ccccc8c8ccccc87)c6)cccc54)cccc32)cc1. The standard InChI is InChI=1S/C60H41N3Si/c1-4-21-42(22-5-1)61-53-35-16-12-31-49(53)59-55(61)37-19-38-56(59)63-54-36-17-13-32-50(54)60-57(63)39-20-40-58(60)64(44-24-6-2-7-25-44,45-26-8-3-9-27-45)46-28-18-23-43(41-46)62-51-33-14-10-29-47(51)48-30-11-15-34-52(48)62/h1-41H. The minimum atomic E-state index is -3.12. The zero-order valence-corrected chi connectivity index (χ0v) is 36.0. The fraction of sp³-hybridized carbons (Fsp3) is 0. The maximum absolute atomic E-state index is 3.12. The lowest BCUT2D eigenvalue weighted by molar-refractivity contribution is 1.17. The van der Waals surface area contributed by atoms with Gasteiger partial charge in [-0.05, 0) is 87.5 Å². The molecule has 0 saturated carbocycles. The Bertz CT molecular complexity index is 3800. The Labute approximate surface area is 372 Å². The molecule has 0 aliphatic rings. The minimum absolute atomic E-state index is 1.15. The molecule has 0 N–H and O–H groups in total. The van der Waals surface area contributed by atoms with Crippen molar-refractivity contribution >= 4 is 94.2 Å². The molecule has 0 aliphatic heterocycles. The lowest BCUT2D eigenvalue weighted by Crippen LogP contribution is -2.74. The number of para-hydroxylation sites is 5. The van der Waals surface area contributed by atoms with E-state index in [-0.39, 0.29) is 0 Å². The molecule has 10 aromatic carbocycles. The van der Waals surface area contributed by atoms with Crippen LogP contribution in [-0.2, 0) is 0 Å². The van der Waals surface area contributed by atoms with E-state index in [1.54, 1.807) is 0 Å². The van der Waals surface area contributed by atoms with Crippen LogP contribution in [0.2, 0.25) is 0 Å². The predicted octanol–water partition coefficient (Wildman–Crippen LogP) is 12.4. The van der Waals surface area contributed by atoms with Crippen molar-refractivity contribution in [2.75, 3.05) is 0 Å². The summed E-state index contributed by atoms with van der Waals surface area (Å²) >= 11 is 0. The van der Waals surface area contributed by atoms with Crippen molar-refractivity contribution in [3.8, 4) is 17.1 Å². The lowest BCUT2D eigenvalue weighted by Gasteiger charge is -2.35. The van der Waals surface area contributed by atoms with Crippen molar-refractivity contribution in [3.63, 3.8) is 0 Å². The first-order valence-electron chi connectivity index (χ1n) is 22.1. The van der Waals surface area contributed by atoms with E-state index in [1.165, 1.54) is 91.9 Å². The second-order valence-corrected chi connectivity index (χ2v) is 20.6. The van der Waals surface area contributed by atoms with Crippen molar-refractivity contribution in [2.45, 2.75) is 0 Å². The van der Waals surface area contributed by atoms with Gasteiger partial charge >= 0.3 is 0 Å². The number of fused-ring (bicyclic) bond motifs is 9. The number of hydrogen-bond acceptors (Lipinski definition) is 0. The second kappa shape index (κ2) is 14.5. The molecule has 0 fully saturated rings. The number of benzene rings is 10. The van der Waals surface area contributed by atoms with Gasteiger partial charge in [-0.3, -0.25) is 0 Å². The third kappa shape index (κ3) is 5.21. The fourth-order valence-corrected chi connectivity index (χ4v) is 16.1. The first-order valence-corrected chi connectivity index (χ1v) is 24.1. The third-order valence-corrected chi connectivity index (χ3v) is 18.4. The first-order chi connectivity index (χ1) is 31.8. The molecule has 300 valence electrons. The van der Waals surface area contributed by atoms with Crippen LogP contribution in [0.25, 0.3) is 82.5 Å². The first kappa shape index (κ1) is 36.5. The maximum atomic E-state index is 2.54. The van der Waals surface area contributed by atoms with Crippen molar-refractivity contribution in [2.24, 2.45) is 0 Å². The van der Waals surface area contributed by atoms with Gasteiger partial charge in [0.2, 0.25) is 0 Å². The van der Waals surface area contributed by atoms with Gasteiger partial charge in [-0.15, -0.1) is 0 Å². The van der Waals surface area contributed by atoms with Crippen LogP contribution in [0, 0.1) is 0 Å².